The molecule has 0 aliphatic heterocycles. The third kappa shape index (κ3) is 2.73. The van der Waals surface area contributed by atoms with Crippen molar-refractivity contribution in [3.8, 4) is 0 Å². The average Bonchev–Trinajstić information content (AvgIpc) is 2.27. The van der Waals surface area contributed by atoms with Crippen LogP contribution in [0.4, 0.5) is 0 Å². The highest BCUT2D eigenvalue weighted by atomic mass is 16.4. The molecule has 0 aliphatic rings. The lowest BCUT2D eigenvalue weighted by molar-refractivity contribution is -0.142. The monoisotopic (exact) mass is 209 g/mol. The quantitative estimate of drug-likeness (QED) is 0.799. The van der Waals surface area contributed by atoms with Gasteiger partial charge in [0.15, 0.2) is 0 Å². The number of rotatable bonds is 4. The van der Waals surface area contributed by atoms with E-state index in [2.05, 4.69) is 9.97 Å². The van der Waals surface area contributed by atoms with E-state index in [0.717, 1.165) is 5.69 Å². The molecule has 1 N–H and O–H groups in total. The van der Waals surface area contributed by atoms with Crippen molar-refractivity contribution in [2.24, 2.45) is 0 Å². The first-order valence-corrected chi connectivity index (χ1v) is 4.74. The second-order valence-electron chi connectivity index (χ2n) is 3.49. The number of aromatic nitrogens is 2. The summed E-state index contributed by atoms with van der Waals surface area (Å²) in [6.07, 6.45) is 4.84. The van der Waals surface area contributed by atoms with Gasteiger partial charge in [-0.1, -0.05) is 0 Å². The molecule has 0 fully saturated rings. The molecule has 1 rings (SSSR count). The average molecular weight is 209 g/mol. The van der Waals surface area contributed by atoms with Gasteiger partial charge in [0, 0.05) is 18.6 Å². The summed E-state index contributed by atoms with van der Waals surface area (Å²) in [6.45, 7) is 3.55. The molecular formula is C10H15N3O2. The summed E-state index contributed by atoms with van der Waals surface area (Å²) in [6, 6.07) is -0.605. The molecule has 1 aromatic heterocycles. The van der Waals surface area contributed by atoms with Crippen LogP contribution in [0.3, 0.4) is 0 Å². The van der Waals surface area contributed by atoms with Gasteiger partial charge < -0.3 is 5.11 Å². The summed E-state index contributed by atoms with van der Waals surface area (Å²) < 4.78 is 0. The van der Waals surface area contributed by atoms with E-state index >= 15 is 0 Å². The molecule has 0 aromatic carbocycles. The molecule has 1 heterocycles. The maximum absolute atomic E-state index is 10.8. The van der Waals surface area contributed by atoms with E-state index in [9.17, 15) is 4.79 Å². The van der Waals surface area contributed by atoms with Crippen molar-refractivity contribution >= 4 is 5.97 Å². The number of hydrogen-bond acceptors (Lipinski definition) is 4. The third-order valence-electron chi connectivity index (χ3n) is 2.59. The maximum atomic E-state index is 10.8. The predicted molar refractivity (Wildman–Crippen MR) is 55.3 cm³/mol. The summed E-state index contributed by atoms with van der Waals surface area (Å²) in [5.74, 6) is -0.840. The zero-order valence-corrected chi connectivity index (χ0v) is 9.08. The topological polar surface area (TPSA) is 66.3 Å². The number of carboxylic acid groups (broad SMARTS) is 1. The van der Waals surface area contributed by atoms with Crippen molar-refractivity contribution in [3.05, 3.63) is 24.3 Å². The van der Waals surface area contributed by atoms with E-state index in [1.165, 1.54) is 0 Å². The number of carbonyl (C=O) groups is 1. The zero-order valence-electron chi connectivity index (χ0n) is 9.08. The van der Waals surface area contributed by atoms with Crippen LogP contribution in [-0.4, -0.2) is 39.0 Å². The molecule has 0 spiro atoms. The fourth-order valence-corrected chi connectivity index (χ4v) is 1.24. The van der Waals surface area contributed by atoms with Gasteiger partial charge in [0.1, 0.15) is 6.04 Å². The van der Waals surface area contributed by atoms with Crippen LogP contribution in [0.2, 0.25) is 0 Å². The third-order valence-corrected chi connectivity index (χ3v) is 2.59. The molecule has 0 bridgehead atoms. The molecule has 0 saturated heterocycles. The van der Waals surface area contributed by atoms with Crippen molar-refractivity contribution < 1.29 is 9.90 Å². The van der Waals surface area contributed by atoms with Crippen LogP contribution in [0.5, 0.6) is 0 Å². The number of likely N-dealkylation sites (N-methyl/N-ethyl adjacent to an activating group) is 1. The number of carboxylic acids is 1. The summed E-state index contributed by atoms with van der Waals surface area (Å²) in [4.78, 5) is 20.6. The molecule has 15 heavy (non-hydrogen) atoms. The summed E-state index contributed by atoms with van der Waals surface area (Å²) in [5.41, 5.74) is 0.771. The summed E-state index contributed by atoms with van der Waals surface area (Å²) in [5, 5.41) is 8.87. The minimum Gasteiger partial charge on any atom is -0.480 e. The van der Waals surface area contributed by atoms with Crippen LogP contribution < -0.4 is 0 Å². The van der Waals surface area contributed by atoms with E-state index < -0.39 is 12.0 Å². The summed E-state index contributed by atoms with van der Waals surface area (Å²) >= 11 is 0. The molecule has 5 nitrogen and oxygen atoms in total. The van der Waals surface area contributed by atoms with Gasteiger partial charge in [-0.15, -0.1) is 0 Å². The van der Waals surface area contributed by atoms with Crippen LogP contribution in [0, 0.1) is 0 Å². The first-order valence-electron chi connectivity index (χ1n) is 4.74. The lowest BCUT2D eigenvalue weighted by Gasteiger charge is -2.27. The molecule has 0 radical (unpaired) electrons. The lowest BCUT2D eigenvalue weighted by Crippen LogP contribution is -2.37. The van der Waals surface area contributed by atoms with Gasteiger partial charge in [-0.3, -0.25) is 19.7 Å². The van der Waals surface area contributed by atoms with Gasteiger partial charge in [-0.25, -0.2) is 0 Å². The number of aliphatic carboxylic acids is 1. The second-order valence-corrected chi connectivity index (χ2v) is 3.49. The second kappa shape index (κ2) is 4.84. The molecule has 0 saturated carbocycles. The SMILES string of the molecule is CC(C(=O)O)N(C)C(C)c1cnccn1. The molecule has 0 aliphatic carbocycles. The van der Waals surface area contributed by atoms with Gasteiger partial charge in [0.25, 0.3) is 0 Å². The highest BCUT2D eigenvalue weighted by molar-refractivity contribution is 5.72. The Balaban J connectivity index is 2.77. The smallest absolute Gasteiger partial charge is 0.320 e. The molecule has 2 unspecified atom stereocenters. The van der Waals surface area contributed by atoms with Crippen LogP contribution in [0.25, 0.3) is 0 Å². The van der Waals surface area contributed by atoms with E-state index in [-0.39, 0.29) is 6.04 Å². The van der Waals surface area contributed by atoms with Crippen LogP contribution in [0.1, 0.15) is 25.6 Å². The Morgan fingerprint density at radius 1 is 1.47 bits per heavy atom. The van der Waals surface area contributed by atoms with Crippen LogP contribution in [0.15, 0.2) is 18.6 Å². The van der Waals surface area contributed by atoms with Crippen molar-refractivity contribution in [1.29, 1.82) is 0 Å². The Morgan fingerprint density at radius 2 is 2.13 bits per heavy atom. The first kappa shape index (κ1) is 11.6. The van der Waals surface area contributed by atoms with Crippen molar-refractivity contribution in [3.63, 3.8) is 0 Å². The van der Waals surface area contributed by atoms with Crippen LogP contribution in [-0.2, 0) is 4.79 Å². The van der Waals surface area contributed by atoms with E-state index in [1.54, 1.807) is 37.5 Å². The van der Waals surface area contributed by atoms with E-state index in [1.807, 2.05) is 6.92 Å². The Kier molecular flexibility index (Phi) is 3.74. The van der Waals surface area contributed by atoms with Crippen molar-refractivity contribution in [1.82, 2.24) is 14.9 Å². The fraction of sp³-hybridized carbons (Fsp3) is 0.500. The number of hydrogen-bond donors (Lipinski definition) is 1. The van der Waals surface area contributed by atoms with E-state index in [0.29, 0.717) is 0 Å². The Labute approximate surface area is 88.8 Å². The van der Waals surface area contributed by atoms with Gasteiger partial charge in [-0.2, -0.15) is 0 Å². The Morgan fingerprint density at radius 3 is 2.60 bits per heavy atom. The fourth-order valence-electron chi connectivity index (χ4n) is 1.24. The predicted octanol–water partition coefficient (Wildman–Crippen LogP) is 0.942. The lowest BCUT2D eigenvalue weighted by atomic mass is 10.2. The minimum absolute atomic E-state index is 0.0650. The highest BCUT2D eigenvalue weighted by Gasteiger charge is 2.23. The van der Waals surface area contributed by atoms with Gasteiger partial charge in [0.05, 0.1) is 11.7 Å². The number of nitrogens with zero attached hydrogens (tertiary/aromatic N) is 3. The van der Waals surface area contributed by atoms with E-state index in [4.69, 9.17) is 5.11 Å². The molecule has 2 atom stereocenters. The Hall–Kier alpha value is -1.49. The highest BCUT2D eigenvalue weighted by Crippen LogP contribution is 2.17. The summed E-state index contributed by atoms with van der Waals surface area (Å²) in [7, 11) is 1.76. The first-order chi connectivity index (χ1) is 7.04. The van der Waals surface area contributed by atoms with Crippen molar-refractivity contribution in [2.45, 2.75) is 25.9 Å². The molecular weight excluding hydrogens is 194 g/mol. The van der Waals surface area contributed by atoms with Gasteiger partial charge in [-0.05, 0) is 20.9 Å². The minimum atomic E-state index is -0.840. The zero-order chi connectivity index (χ0) is 11.4. The van der Waals surface area contributed by atoms with Crippen molar-refractivity contribution in [2.75, 3.05) is 7.05 Å². The standard InChI is InChI=1S/C10H15N3O2/c1-7(9-6-11-4-5-12-9)13(3)8(2)10(14)15/h4-8H,1-3H3,(H,14,15). The van der Waals surface area contributed by atoms with Crippen LogP contribution >= 0.6 is 0 Å². The molecule has 0 amide bonds. The van der Waals surface area contributed by atoms with Gasteiger partial charge in [0.2, 0.25) is 0 Å². The molecule has 5 heteroatoms. The largest absolute Gasteiger partial charge is 0.480 e. The maximum Gasteiger partial charge on any atom is 0.320 e. The molecule has 82 valence electrons. The molecule has 1 aromatic rings. The normalized spacial score (nSPS) is 14.9. The van der Waals surface area contributed by atoms with Gasteiger partial charge >= 0.3 is 5.97 Å². The Bertz CT molecular complexity index is 329.